The summed E-state index contributed by atoms with van der Waals surface area (Å²) >= 11 is 0. The molecule has 2 rings (SSSR count). The molecule has 0 aliphatic heterocycles. The predicted octanol–water partition coefficient (Wildman–Crippen LogP) is 2.81. The summed E-state index contributed by atoms with van der Waals surface area (Å²) in [5.41, 5.74) is -0.109. The molecule has 0 saturated heterocycles. The number of hydrogen-bond donors (Lipinski definition) is 3. The van der Waals surface area contributed by atoms with Gasteiger partial charge in [-0.2, -0.15) is 0 Å². The molecule has 1 aromatic carbocycles. The zero-order valence-corrected chi connectivity index (χ0v) is 10.7. The average molecular weight is 295 g/mol. The first kappa shape index (κ1) is 14.4. The van der Waals surface area contributed by atoms with E-state index in [-0.39, 0.29) is 11.3 Å². The minimum Gasteiger partial charge on any atom is -0.502 e. The number of nitrogens with one attached hydrogen (secondary N) is 1. The van der Waals surface area contributed by atoms with Crippen molar-refractivity contribution in [3.63, 3.8) is 0 Å². The van der Waals surface area contributed by atoms with Crippen LogP contribution in [0.2, 0.25) is 0 Å². The van der Waals surface area contributed by atoms with Crippen LogP contribution >= 0.6 is 0 Å². The molecule has 1 heterocycles. The average Bonchev–Trinajstić information content (AvgIpc) is 2.67. The van der Waals surface area contributed by atoms with Crippen molar-refractivity contribution in [1.82, 2.24) is 0 Å². The number of carboxylic acid groups (broad SMARTS) is 1. The Hall–Kier alpha value is -3.03. The summed E-state index contributed by atoms with van der Waals surface area (Å²) in [6.07, 6.45) is -1.50. The number of furan rings is 1. The first-order chi connectivity index (χ1) is 9.90. The Kier molecular flexibility index (Phi) is 3.79. The lowest BCUT2D eigenvalue weighted by molar-refractivity contribution is -0.132. The molecule has 1 amide bonds. The van der Waals surface area contributed by atoms with Gasteiger partial charge in [-0.05, 0) is 12.1 Å². The number of halogens is 1. The second-order valence-electron chi connectivity index (χ2n) is 3.94. The van der Waals surface area contributed by atoms with Gasteiger partial charge in [0.2, 0.25) is 11.5 Å². The Morgan fingerprint density at radius 1 is 1.33 bits per heavy atom. The van der Waals surface area contributed by atoms with Crippen LogP contribution in [0.15, 0.2) is 28.7 Å². The number of anilines is 1. The minimum absolute atomic E-state index is 0.109. The normalized spacial score (nSPS) is 10.2. The van der Waals surface area contributed by atoms with Crippen molar-refractivity contribution in [3.05, 3.63) is 30.1 Å². The Labute approximate surface area is 117 Å². The summed E-state index contributed by atoms with van der Waals surface area (Å²) < 4.78 is 23.5. The highest BCUT2D eigenvalue weighted by atomic mass is 19.1. The molecule has 0 fully saturated rings. The Bertz CT molecular complexity index is 709. The topological polar surface area (TPSA) is 109 Å². The van der Waals surface area contributed by atoms with E-state index < -0.39 is 35.3 Å². The van der Waals surface area contributed by atoms with Crippen molar-refractivity contribution in [2.45, 2.75) is 6.92 Å². The number of ether oxygens (including phenoxy) is 1. The summed E-state index contributed by atoms with van der Waals surface area (Å²) in [7, 11) is 0. The molecule has 21 heavy (non-hydrogen) atoms. The fourth-order valence-corrected chi connectivity index (χ4v) is 1.65. The Balaban J connectivity index is 2.58. The highest BCUT2D eigenvalue weighted by Gasteiger charge is 2.26. The van der Waals surface area contributed by atoms with E-state index in [1.807, 2.05) is 5.32 Å². The van der Waals surface area contributed by atoms with Gasteiger partial charge in [0.25, 0.3) is 5.88 Å². The molecule has 0 saturated carbocycles. The third kappa shape index (κ3) is 2.94. The fraction of sp³-hybridized carbons (Fsp3) is 0.0769. The predicted molar refractivity (Wildman–Crippen MR) is 68.7 cm³/mol. The summed E-state index contributed by atoms with van der Waals surface area (Å²) in [5.74, 6) is -3.58. The largest absolute Gasteiger partial charge is 0.502 e. The summed E-state index contributed by atoms with van der Waals surface area (Å²) in [4.78, 5) is 21.7. The van der Waals surface area contributed by atoms with E-state index in [1.165, 1.54) is 18.2 Å². The van der Waals surface area contributed by atoms with Crippen LogP contribution in [0, 0.1) is 5.82 Å². The SMILES string of the molecule is CC(=O)Oc1c(NC(=O)O)oc(-c2ccccc2F)c1O. The molecule has 8 heteroatoms. The number of aromatic hydroxyl groups is 1. The second kappa shape index (κ2) is 5.53. The maximum Gasteiger partial charge on any atom is 0.411 e. The van der Waals surface area contributed by atoms with Gasteiger partial charge in [-0.3, -0.25) is 10.1 Å². The van der Waals surface area contributed by atoms with Gasteiger partial charge in [0, 0.05) is 6.92 Å². The van der Waals surface area contributed by atoms with Crippen molar-refractivity contribution in [3.8, 4) is 22.8 Å². The molecule has 7 nitrogen and oxygen atoms in total. The van der Waals surface area contributed by atoms with Gasteiger partial charge >= 0.3 is 12.1 Å². The number of benzene rings is 1. The quantitative estimate of drug-likeness (QED) is 0.751. The molecule has 0 aliphatic rings. The molecule has 0 unspecified atom stereocenters. The molecule has 110 valence electrons. The maximum atomic E-state index is 13.7. The monoisotopic (exact) mass is 295 g/mol. The van der Waals surface area contributed by atoms with Crippen LogP contribution in [0.1, 0.15) is 6.92 Å². The van der Waals surface area contributed by atoms with Crippen LogP contribution in [0.5, 0.6) is 11.5 Å². The van der Waals surface area contributed by atoms with Gasteiger partial charge in [0.1, 0.15) is 5.82 Å². The highest BCUT2D eigenvalue weighted by Crippen LogP contribution is 2.46. The molecule has 0 spiro atoms. The fourth-order valence-electron chi connectivity index (χ4n) is 1.65. The number of esters is 1. The van der Waals surface area contributed by atoms with Crippen LogP contribution in [0.25, 0.3) is 11.3 Å². The lowest BCUT2D eigenvalue weighted by atomic mass is 10.1. The first-order valence-electron chi connectivity index (χ1n) is 5.69. The summed E-state index contributed by atoms with van der Waals surface area (Å²) in [6, 6.07) is 5.38. The number of carbonyl (C=O) groups is 2. The summed E-state index contributed by atoms with van der Waals surface area (Å²) in [6.45, 7) is 1.06. The van der Waals surface area contributed by atoms with Gasteiger partial charge < -0.3 is 19.4 Å². The molecule has 2 aromatic rings. The van der Waals surface area contributed by atoms with Crippen molar-refractivity contribution in [1.29, 1.82) is 0 Å². The maximum absolute atomic E-state index is 13.7. The number of carbonyl (C=O) groups excluding carboxylic acids is 1. The van der Waals surface area contributed by atoms with E-state index in [0.29, 0.717) is 0 Å². The van der Waals surface area contributed by atoms with Crippen molar-refractivity contribution in [2.75, 3.05) is 5.32 Å². The van der Waals surface area contributed by atoms with Crippen molar-refractivity contribution < 1.29 is 33.3 Å². The third-order valence-corrected chi connectivity index (χ3v) is 2.43. The molecule has 0 atom stereocenters. The lowest BCUT2D eigenvalue weighted by Gasteiger charge is -2.01. The van der Waals surface area contributed by atoms with Crippen LogP contribution in [-0.2, 0) is 4.79 Å². The van der Waals surface area contributed by atoms with E-state index in [2.05, 4.69) is 4.74 Å². The summed E-state index contributed by atoms with van der Waals surface area (Å²) in [5, 5.41) is 20.5. The highest BCUT2D eigenvalue weighted by molar-refractivity contribution is 5.88. The molecular formula is C13H10FNO6. The molecule has 0 aliphatic carbocycles. The lowest BCUT2D eigenvalue weighted by Crippen LogP contribution is -2.09. The molecule has 1 aromatic heterocycles. The Morgan fingerprint density at radius 2 is 2.00 bits per heavy atom. The van der Waals surface area contributed by atoms with Crippen LogP contribution in [0.4, 0.5) is 15.1 Å². The third-order valence-electron chi connectivity index (χ3n) is 2.43. The van der Waals surface area contributed by atoms with Gasteiger partial charge in [-0.1, -0.05) is 12.1 Å². The van der Waals surface area contributed by atoms with Gasteiger partial charge in [-0.25, -0.2) is 9.18 Å². The van der Waals surface area contributed by atoms with E-state index in [4.69, 9.17) is 9.52 Å². The van der Waals surface area contributed by atoms with Gasteiger partial charge in [0.15, 0.2) is 5.76 Å². The molecular weight excluding hydrogens is 285 g/mol. The van der Waals surface area contributed by atoms with E-state index >= 15 is 0 Å². The zero-order chi connectivity index (χ0) is 15.6. The Morgan fingerprint density at radius 3 is 2.57 bits per heavy atom. The molecule has 0 radical (unpaired) electrons. The van der Waals surface area contributed by atoms with Crippen LogP contribution in [-0.4, -0.2) is 22.3 Å². The van der Waals surface area contributed by atoms with E-state index in [1.54, 1.807) is 0 Å². The van der Waals surface area contributed by atoms with Crippen LogP contribution < -0.4 is 10.1 Å². The minimum atomic E-state index is -1.50. The number of hydrogen-bond acceptors (Lipinski definition) is 5. The van der Waals surface area contributed by atoms with E-state index in [9.17, 15) is 19.1 Å². The van der Waals surface area contributed by atoms with E-state index in [0.717, 1.165) is 13.0 Å². The smallest absolute Gasteiger partial charge is 0.411 e. The standard InChI is InChI=1S/C13H10FNO6/c1-6(16)20-11-9(17)10(21-12(11)15-13(18)19)7-4-2-3-5-8(7)14/h2-5,15,17H,1H3,(H,18,19). The van der Waals surface area contributed by atoms with Crippen molar-refractivity contribution in [2.24, 2.45) is 0 Å². The van der Waals surface area contributed by atoms with Gasteiger partial charge in [-0.15, -0.1) is 0 Å². The number of rotatable bonds is 3. The molecule has 3 N–H and O–H groups in total. The zero-order valence-electron chi connectivity index (χ0n) is 10.7. The number of amides is 1. The second-order valence-corrected chi connectivity index (χ2v) is 3.94. The first-order valence-corrected chi connectivity index (χ1v) is 5.69. The van der Waals surface area contributed by atoms with Crippen molar-refractivity contribution >= 4 is 17.9 Å². The van der Waals surface area contributed by atoms with Crippen LogP contribution in [0.3, 0.4) is 0 Å². The molecule has 0 bridgehead atoms. The van der Waals surface area contributed by atoms with Gasteiger partial charge in [0.05, 0.1) is 5.56 Å².